The lowest BCUT2D eigenvalue weighted by atomic mass is 10.0. The van der Waals surface area contributed by atoms with Crippen LogP contribution in [-0.4, -0.2) is 41.8 Å². The number of imide groups is 1. The number of carbonyl (C=O) groups excluding carboxylic acids is 2. The molecule has 0 aliphatic carbocycles. The molecule has 0 unspecified atom stereocenters. The number of benzene rings is 3. The van der Waals surface area contributed by atoms with E-state index in [1.807, 2.05) is 98.6 Å². The van der Waals surface area contributed by atoms with E-state index in [2.05, 4.69) is 6.07 Å². The van der Waals surface area contributed by atoms with Crippen LogP contribution in [0.1, 0.15) is 22.3 Å². The fourth-order valence-electron chi connectivity index (χ4n) is 4.19. The van der Waals surface area contributed by atoms with Crippen LogP contribution in [0.3, 0.4) is 0 Å². The molecule has 0 saturated heterocycles. The van der Waals surface area contributed by atoms with Crippen molar-refractivity contribution >= 4 is 17.4 Å². The highest BCUT2D eigenvalue weighted by molar-refractivity contribution is 6.35. The molecule has 0 bridgehead atoms. The number of rotatable bonds is 8. The van der Waals surface area contributed by atoms with Crippen LogP contribution in [0, 0.1) is 13.8 Å². The molecule has 0 atom stereocenters. The van der Waals surface area contributed by atoms with Gasteiger partial charge in [-0.2, -0.15) is 0 Å². The molecule has 1 aliphatic rings. The van der Waals surface area contributed by atoms with Gasteiger partial charge >= 0.3 is 0 Å². The Morgan fingerprint density at radius 3 is 2.06 bits per heavy atom. The van der Waals surface area contributed by atoms with Crippen molar-refractivity contribution < 1.29 is 14.3 Å². The molecule has 33 heavy (non-hydrogen) atoms. The molecule has 3 aromatic carbocycles. The molecule has 0 spiro atoms. The molecule has 0 aromatic heterocycles. The van der Waals surface area contributed by atoms with Crippen molar-refractivity contribution in [2.24, 2.45) is 0 Å². The van der Waals surface area contributed by atoms with E-state index in [9.17, 15) is 9.59 Å². The number of nitrogens with zero attached hydrogens (tertiary/aromatic N) is 2. The summed E-state index contributed by atoms with van der Waals surface area (Å²) >= 11 is 0. The average Bonchev–Trinajstić information content (AvgIpc) is 3.04. The van der Waals surface area contributed by atoms with Crippen LogP contribution in [0.2, 0.25) is 0 Å². The number of carbonyl (C=O) groups is 2. The summed E-state index contributed by atoms with van der Waals surface area (Å²) in [6, 6.07) is 25.3. The maximum absolute atomic E-state index is 13.4. The second-order valence-electron chi connectivity index (χ2n) is 8.37. The SMILES string of the molecule is Cc1cc(C)cc(OCCN2C(=O)C(c3ccccc3)=C(N(C)Cc3ccccc3)C2=O)c1. The van der Waals surface area contributed by atoms with Crippen LogP contribution < -0.4 is 4.74 Å². The van der Waals surface area contributed by atoms with Gasteiger partial charge in [-0.3, -0.25) is 14.5 Å². The number of ether oxygens (including phenoxy) is 1. The first-order chi connectivity index (χ1) is 15.9. The normalized spacial score (nSPS) is 13.6. The van der Waals surface area contributed by atoms with Gasteiger partial charge in [0.2, 0.25) is 0 Å². The highest BCUT2D eigenvalue weighted by atomic mass is 16.5. The maximum Gasteiger partial charge on any atom is 0.277 e. The molecular formula is C28H28N2O3. The zero-order valence-electron chi connectivity index (χ0n) is 19.2. The Balaban J connectivity index is 1.56. The zero-order chi connectivity index (χ0) is 23.4. The summed E-state index contributed by atoms with van der Waals surface area (Å²) in [4.78, 5) is 30.0. The molecule has 5 heteroatoms. The van der Waals surface area contributed by atoms with Gasteiger partial charge < -0.3 is 9.64 Å². The molecule has 4 rings (SSSR count). The predicted octanol–water partition coefficient (Wildman–Crippen LogP) is 4.59. The molecule has 0 radical (unpaired) electrons. The van der Waals surface area contributed by atoms with Gasteiger partial charge in [-0.25, -0.2) is 0 Å². The van der Waals surface area contributed by atoms with E-state index in [1.54, 1.807) is 0 Å². The van der Waals surface area contributed by atoms with E-state index >= 15 is 0 Å². The van der Waals surface area contributed by atoms with Crippen LogP contribution in [-0.2, 0) is 16.1 Å². The van der Waals surface area contributed by atoms with Gasteiger partial charge in [-0.05, 0) is 48.2 Å². The van der Waals surface area contributed by atoms with Gasteiger partial charge in [0.1, 0.15) is 18.1 Å². The molecule has 1 heterocycles. The highest BCUT2D eigenvalue weighted by Gasteiger charge is 2.40. The van der Waals surface area contributed by atoms with Crippen molar-refractivity contribution in [3.63, 3.8) is 0 Å². The lowest BCUT2D eigenvalue weighted by Gasteiger charge is -2.21. The van der Waals surface area contributed by atoms with Gasteiger partial charge in [0, 0.05) is 13.6 Å². The van der Waals surface area contributed by atoms with E-state index < -0.39 is 0 Å². The van der Waals surface area contributed by atoms with E-state index in [1.165, 1.54) is 4.90 Å². The second kappa shape index (κ2) is 9.74. The van der Waals surface area contributed by atoms with Crippen LogP contribution in [0.15, 0.2) is 84.6 Å². The van der Waals surface area contributed by atoms with Crippen molar-refractivity contribution in [2.75, 3.05) is 20.2 Å². The summed E-state index contributed by atoms with van der Waals surface area (Å²) in [5.41, 5.74) is 4.87. The molecule has 5 nitrogen and oxygen atoms in total. The largest absolute Gasteiger partial charge is 0.492 e. The lowest BCUT2D eigenvalue weighted by Crippen LogP contribution is -2.37. The quantitative estimate of drug-likeness (QED) is 0.481. The average molecular weight is 441 g/mol. The number of likely N-dealkylation sites (N-methyl/N-ethyl adjacent to an activating group) is 1. The standard InChI is InChI=1S/C28H28N2O3/c1-20-16-21(2)18-24(17-20)33-15-14-30-27(31)25(23-12-8-5-9-13-23)26(28(30)32)29(3)19-22-10-6-4-7-11-22/h4-13,16-18H,14-15,19H2,1-3H3. The summed E-state index contributed by atoms with van der Waals surface area (Å²) in [7, 11) is 1.85. The monoisotopic (exact) mass is 440 g/mol. The molecule has 0 fully saturated rings. The Labute approximate surface area is 194 Å². The van der Waals surface area contributed by atoms with Gasteiger partial charge in [-0.1, -0.05) is 66.7 Å². The number of hydrogen-bond acceptors (Lipinski definition) is 4. The molecular weight excluding hydrogens is 412 g/mol. The summed E-state index contributed by atoms with van der Waals surface area (Å²) in [5, 5.41) is 0. The third-order valence-electron chi connectivity index (χ3n) is 5.63. The fraction of sp³-hybridized carbons (Fsp3) is 0.214. The van der Waals surface area contributed by atoms with Gasteiger partial charge in [0.25, 0.3) is 11.8 Å². The Morgan fingerprint density at radius 2 is 1.42 bits per heavy atom. The minimum Gasteiger partial charge on any atom is -0.492 e. The second-order valence-corrected chi connectivity index (χ2v) is 8.37. The van der Waals surface area contributed by atoms with Crippen LogP contribution in [0.25, 0.3) is 5.57 Å². The summed E-state index contributed by atoms with van der Waals surface area (Å²) in [5.74, 6) is 0.163. The predicted molar refractivity (Wildman–Crippen MR) is 129 cm³/mol. The Hall–Kier alpha value is -3.86. The lowest BCUT2D eigenvalue weighted by molar-refractivity contribution is -0.137. The first kappa shape index (κ1) is 22.3. The van der Waals surface area contributed by atoms with Crippen LogP contribution in [0.4, 0.5) is 0 Å². The number of amides is 2. The number of aryl methyl sites for hydroxylation is 2. The summed E-state index contributed by atoms with van der Waals surface area (Å²) in [6.45, 7) is 4.97. The summed E-state index contributed by atoms with van der Waals surface area (Å²) < 4.78 is 5.88. The topological polar surface area (TPSA) is 49.9 Å². The molecule has 3 aromatic rings. The summed E-state index contributed by atoms with van der Waals surface area (Å²) in [6.07, 6.45) is 0. The van der Waals surface area contributed by atoms with E-state index in [4.69, 9.17) is 4.74 Å². The number of hydrogen-bond donors (Lipinski definition) is 0. The van der Waals surface area contributed by atoms with Crippen molar-refractivity contribution in [3.8, 4) is 5.75 Å². The smallest absolute Gasteiger partial charge is 0.277 e. The van der Waals surface area contributed by atoms with Crippen molar-refractivity contribution in [1.82, 2.24) is 9.80 Å². The third-order valence-corrected chi connectivity index (χ3v) is 5.63. The molecule has 0 saturated carbocycles. The van der Waals surface area contributed by atoms with Crippen LogP contribution >= 0.6 is 0 Å². The molecule has 0 N–H and O–H groups in total. The molecule has 2 amide bonds. The van der Waals surface area contributed by atoms with Gasteiger partial charge in [-0.15, -0.1) is 0 Å². The third kappa shape index (κ3) is 4.98. The highest BCUT2D eigenvalue weighted by Crippen LogP contribution is 2.31. The first-order valence-electron chi connectivity index (χ1n) is 11.1. The molecule has 168 valence electrons. The molecule has 1 aliphatic heterocycles. The fourth-order valence-corrected chi connectivity index (χ4v) is 4.19. The minimum atomic E-state index is -0.290. The van der Waals surface area contributed by atoms with Gasteiger partial charge in [0.15, 0.2) is 0 Å². The van der Waals surface area contributed by atoms with E-state index in [0.717, 1.165) is 28.0 Å². The Bertz CT molecular complexity index is 1170. The zero-order valence-corrected chi connectivity index (χ0v) is 19.2. The van der Waals surface area contributed by atoms with E-state index in [0.29, 0.717) is 17.8 Å². The van der Waals surface area contributed by atoms with E-state index in [-0.39, 0.29) is 25.0 Å². The first-order valence-corrected chi connectivity index (χ1v) is 11.1. The van der Waals surface area contributed by atoms with Crippen molar-refractivity contribution in [3.05, 3.63) is 107 Å². The van der Waals surface area contributed by atoms with Gasteiger partial charge in [0.05, 0.1) is 12.1 Å². The Morgan fingerprint density at radius 1 is 0.818 bits per heavy atom. The van der Waals surface area contributed by atoms with Crippen molar-refractivity contribution in [2.45, 2.75) is 20.4 Å². The van der Waals surface area contributed by atoms with Crippen molar-refractivity contribution in [1.29, 1.82) is 0 Å². The van der Waals surface area contributed by atoms with Crippen LogP contribution in [0.5, 0.6) is 5.75 Å². The minimum absolute atomic E-state index is 0.184. The Kier molecular flexibility index (Phi) is 6.59. The maximum atomic E-state index is 13.4.